The van der Waals surface area contributed by atoms with Crippen LogP contribution >= 0.6 is 11.3 Å². The summed E-state index contributed by atoms with van der Waals surface area (Å²) in [6.07, 6.45) is 1.43. The minimum atomic E-state index is -0.329. The molecule has 0 atom stereocenters. The van der Waals surface area contributed by atoms with Gasteiger partial charge in [-0.3, -0.25) is 4.79 Å². The third-order valence-electron chi connectivity index (χ3n) is 3.66. The molecule has 124 valence electrons. The van der Waals surface area contributed by atoms with Gasteiger partial charge in [0, 0.05) is 10.4 Å². The van der Waals surface area contributed by atoms with Gasteiger partial charge in [-0.2, -0.15) is 9.61 Å². The van der Waals surface area contributed by atoms with Crippen LogP contribution in [-0.2, 0) is 6.54 Å². The van der Waals surface area contributed by atoms with E-state index in [2.05, 4.69) is 20.6 Å². The Morgan fingerprint density at radius 2 is 2.08 bits per heavy atom. The molecule has 3 aromatic heterocycles. The quantitative estimate of drug-likeness (QED) is 0.612. The molecule has 8 heteroatoms. The molecule has 0 aliphatic rings. The van der Waals surface area contributed by atoms with Crippen LogP contribution in [0.15, 0.2) is 54.2 Å². The lowest BCUT2D eigenvalue weighted by molar-refractivity contribution is 0.0945. The number of thiophene rings is 1. The summed E-state index contributed by atoms with van der Waals surface area (Å²) < 4.78 is 14.6. The van der Waals surface area contributed by atoms with Gasteiger partial charge in [-0.15, -0.1) is 21.5 Å². The molecule has 0 aliphatic carbocycles. The molecule has 0 saturated carbocycles. The monoisotopic (exact) mass is 353 g/mol. The van der Waals surface area contributed by atoms with Gasteiger partial charge in [-0.25, -0.2) is 4.39 Å². The van der Waals surface area contributed by atoms with Crippen LogP contribution in [0.25, 0.3) is 16.8 Å². The fourth-order valence-corrected chi connectivity index (χ4v) is 3.10. The topological polar surface area (TPSA) is 72.2 Å². The third kappa shape index (κ3) is 3.11. The highest BCUT2D eigenvalue weighted by Crippen LogP contribution is 2.24. The average molecular weight is 353 g/mol. The Balaban J connectivity index is 1.70. The van der Waals surface area contributed by atoms with E-state index in [0.29, 0.717) is 17.8 Å². The van der Waals surface area contributed by atoms with Crippen LogP contribution in [0.4, 0.5) is 4.39 Å². The maximum atomic E-state index is 13.2. The van der Waals surface area contributed by atoms with Crippen molar-refractivity contribution in [2.24, 2.45) is 0 Å². The Kier molecular flexibility index (Phi) is 3.95. The van der Waals surface area contributed by atoms with Crippen LogP contribution in [0.2, 0.25) is 0 Å². The third-order valence-corrected chi connectivity index (χ3v) is 4.54. The number of hydrogen-bond donors (Lipinski definition) is 1. The first-order chi connectivity index (χ1) is 12.2. The second-order valence-corrected chi connectivity index (χ2v) is 6.34. The van der Waals surface area contributed by atoms with Gasteiger partial charge in [0.2, 0.25) is 0 Å². The summed E-state index contributed by atoms with van der Waals surface area (Å²) in [4.78, 5) is 13.5. The molecule has 3 heterocycles. The van der Waals surface area contributed by atoms with Crippen molar-refractivity contribution in [1.29, 1.82) is 0 Å². The van der Waals surface area contributed by atoms with E-state index in [-0.39, 0.29) is 17.4 Å². The Labute approximate surface area is 146 Å². The molecule has 1 amide bonds. The number of carbonyl (C=O) groups is 1. The molecule has 0 fully saturated rings. The first-order valence-electron chi connectivity index (χ1n) is 7.48. The number of halogens is 1. The van der Waals surface area contributed by atoms with Gasteiger partial charge in [0.25, 0.3) is 5.91 Å². The predicted molar refractivity (Wildman–Crippen MR) is 91.7 cm³/mol. The molecular weight excluding hydrogens is 341 g/mol. The summed E-state index contributed by atoms with van der Waals surface area (Å²) in [6.45, 7) is 0.435. The zero-order chi connectivity index (χ0) is 17.2. The highest BCUT2D eigenvalue weighted by atomic mass is 32.1. The summed E-state index contributed by atoms with van der Waals surface area (Å²) in [5.74, 6) is -0.628. The van der Waals surface area contributed by atoms with E-state index in [0.717, 1.165) is 10.4 Å². The second-order valence-electron chi connectivity index (χ2n) is 5.31. The molecule has 4 rings (SSSR count). The zero-order valence-electron chi connectivity index (χ0n) is 12.9. The number of fused-ring (bicyclic) bond motifs is 1. The number of hydrogen-bond acceptors (Lipinski definition) is 5. The number of benzene rings is 1. The summed E-state index contributed by atoms with van der Waals surface area (Å²) >= 11 is 1.57. The summed E-state index contributed by atoms with van der Waals surface area (Å²) in [6, 6.07) is 11.5. The van der Waals surface area contributed by atoms with E-state index in [9.17, 15) is 9.18 Å². The van der Waals surface area contributed by atoms with Crippen molar-refractivity contribution in [2.75, 3.05) is 0 Å². The Morgan fingerprint density at radius 3 is 2.84 bits per heavy atom. The molecular formula is C17H12FN5OS. The zero-order valence-corrected chi connectivity index (χ0v) is 13.7. The van der Waals surface area contributed by atoms with Gasteiger partial charge in [-0.1, -0.05) is 18.2 Å². The van der Waals surface area contributed by atoms with Crippen molar-refractivity contribution in [3.8, 4) is 11.1 Å². The molecule has 1 N–H and O–H groups in total. The maximum absolute atomic E-state index is 13.2. The lowest BCUT2D eigenvalue weighted by Gasteiger charge is -2.07. The minimum absolute atomic E-state index is 0.239. The van der Waals surface area contributed by atoms with E-state index in [4.69, 9.17) is 0 Å². The van der Waals surface area contributed by atoms with Crippen LogP contribution in [0.5, 0.6) is 0 Å². The van der Waals surface area contributed by atoms with Gasteiger partial charge in [-0.05, 0) is 35.2 Å². The standard InChI is InChI=1S/C17H12FN5OS/c18-12-5-3-11(4-6-12)14-8-15(22-23-10-20-21-16(14)23)17(24)19-9-13-2-1-7-25-13/h1-8,10H,9H2,(H,19,24). The molecule has 0 saturated heterocycles. The van der Waals surface area contributed by atoms with Gasteiger partial charge >= 0.3 is 0 Å². The molecule has 0 radical (unpaired) electrons. The Bertz CT molecular complexity index is 1030. The first kappa shape index (κ1) is 15.4. The fourth-order valence-electron chi connectivity index (χ4n) is 2.45. The maximum Gasteiger partial charge on any atom is 0.272 e. The summed E-state index contributed by atoms with van der Waals surface area (Å²) in [5, 5.41) is 16.9. The number of amides is 1. The van der Waals surface area contributed by atoms with Crippen molar-refractivity contribution in [2.45, 2.75) is 6.54 Å². The molecule has 25 heavy (non-hydrogen) atoms. The number of carbonyl (C=O) groups excluding carboxylic acids is 1. The highest BCUT2D eigenvalue weighted by molar-refractivity contribution is 7.09. The predicted octanol–water partition coefficient (Wildman–Crippen LogP) is 2.92. The first-order valence-corrected chi connectivity index (χ1v) is 8.36. The number of nitrogens with zero attached hydrogens (tertiary/aromatic N) is 4. The summed E-state index contributed by atoms with van der Waals surface area (Å²) in [5.41, 5.74) is 2.13. The minimum Gasteiger partial charge on any atom is -0.346 e. The molecule has 0 aliphatic heterocycles. The molecule has 6 nitrogen and oxygen atoms in total. The smallest absolute Gasteiger partial charge is 0.272 e. The van der Waals surface area contributed by atoms with E-state index in [1.807, 2.05) is 17.5 Å². The normalized spacial score (nSPS) is 10.9. The van der Waals surface area contributed by atoms with Crippen LogP contribution in [0, 0.1) is 5.82 Å². The van der Waals surface area contributed by atoms with E-state index >= 15 is 0 Å². The number of nitrogens with one attached hydrogen (secondary N) is 1. The molecule has 0 unspecified atom stereocenters. The number of rotatable bonds is 4. The second kappa shape index (κ2) is 6.40. The Hall–Kier alpha value is -3.13. The van der Waals surface area contributed by atoms with Gasteiger partial charge in [0.1, 0.15) is 17.8 Å². The highest BCUT2D eigenvalue weighted by Gasteiger charge is 2.15. The molecule has 4 aromatic rings. The van der Waals surface area contributed by atoms with E-state index in [1.165, 1.54) is 23.0 Å². The largest absolute Gasteiger partial charge is 0.346 e. The molecule has 1 aromatic carbocycles. The lowest BCUT2D eigenvalue weighted by atomic mass is 10.1. The van der Waals surface area contributed by atoms with Crippen molar-refractivity contribution < 1.29 is 9.18 Å². The van der Waals surface area contributed by atoms with Crippen molar-refractivity contribution in [1.82, 2.24) is 25.1 Å². The Morgan fingerprint density at radius 1 is 1.24 bits per heavy atom. The van der Waals surface area contributed by atoms with Crippen LogP contribution < -0.4 is 5.32 Å². The molecule has 0 bridgehead atoms. The van der Waals surface area contributed by atoms with Gasteiger partial charge in [0.05, 0.1) is 6.54 Å². The van der Waals surface area contributed by atoms with Crippen molar-refractivity contribution >= 4 is 22.9 Å². The number of aromatic nitrogens is 4. The van der Waals surface area contributed by atoms with Crippen LogP contribution in [0.1, 0.15) is 15.4 Å². The molecule has 0 spiro atoms. The lowest BCUT2D eigenvalue weighted by Crippen LogP contribution is -2.24. The SMILES string of the molecule is O=C(NCc1cccs1)c1cc(-c2ccc(F)cc2)c2nncn2n1. The van der Waals surface area contributed by atoms with Crippen molar-refractivity contribution in [3.05, 3.63) is 70.6 Å². The summed E-state index contributed by atoms with van der Waals surface area (Å²) in [7, 11) is 0. The van der Waals surface area contributed by atoms with Crippen molar-refractivity contribution in [3.63, 3.8) is 0 Å². The van der Waals surface area contributed by atoms with E-state index in [1.54, 1.807) is 29.5 Å². The van der Waals surface area contributed by atoms with Gasteiger partial charge in [0.15, 0.2) is 5.65 Å². The fraction of sp³-hybridized carbons (Fsp3) is 0.0588. The average Bonchev–Trinajstić information content (AvgIpc) is 3.31. The van der Waals surface area contributed by atoms with E-state index < -0.39 is 0 Å². The van der Waals surface area contributed by atoms with Crippen LogP contribution in [0.3, 0.4) is 0 Å². The van der Waals surface area contributed by atoms with Gasteiger partial charge < -0.3 is 5.32 Å². The van der Waals surface area contributed by atoms with Crippen LogP contribution in [-0.4, -0.2) is 25.7 Å².